The monoisotopic (exact) mass is 214 g/mol. The van der Waals surface area contributed by atoms with Crippen molar-refractivity contribution in [3.63, 3.8) is 0 Å². The standard InChI is InChI=1S/C11H16F2N2/c1-8(5-6-14)15-7-9-10(12)3-2-4-11(9)13/h2-4,8,15H,5-7,14H2,1H3. The molecule has 0 bridgehead atoms. The molecule has 1 unspecified atom stereocenters. The molecule has 1 aromatic rings. The SMILES string of the molecule is CC(CCN)NCc1c(F)cccc1F. The summed E-state index contributed by atoms with van der Waals surface area (Å²) in [5.41, 5.74) is 5.45. The molecule has 0 fully saturated rings. The fraction of sp³-hybridized carbons (Fsp3) is 0.455. The van der Waals surface area contributed by atoms with Crippen LogP contribution >= 0.6 is 0 Å². The fourth-order valence-corrected chi connectivity index (χ4v) is 1.33. The van der Waals surface area contributed by atoms with E-state index in [1.54, 1.807) is 0 Å². The molecule has 0 spiro atoms. The van der Waals surface area contributed by atoms with Crippen LogP contribution in [-0.2, 0) is 6.54 Å². The maximum absolute atomic E-state index is 13.2. The Morgan fingerprint density at radius 3 is 2.47 bits per heavy atom. The lowest BCUT2D eigenvalue weighted by molar-refractivity contribution is 0.485. The predicted molar refractivity (Wildman–Crippen MR) is 56.3 cm³/mol. The van der Waals surface area contributed by atoms with Gasteiger partial charge in [0.25, 0.3) is 0 Å². The number of hydrogen-bond donors (Lipinski definition) is 2. The molecule has 1 aromatic carbocycles. The second-order valence-corrected chi connectivity index (χ2v) is 3.56. The van der Waals surface area contributed by atoms with Crippen molar-refractivity contribution in [1.82, 2.24) is 5.32 Å². The molecule has 0 aliphatic carbocycles. The van der Waals surface area contributed by atoms with Gasteiger partial charge in [-0.05, 0) is 32.0 Å². The third-order valence-corrected chi connectivity index (χ3v) is 2.29. The van der Waals surface area contributed by atoms with E-state index in [9.17, 15) is 8.78 Å². The van der Waals surface area contributed by atoms with Gasteiger partial charge in [-0.25, -0.2) is 8.78 Å². The van der Waals surface area contributed by atoms with Gasteiger partial charge in [0.05, 0.1) is 0 Å². The molecule has 0 heterocycles. The van der Waals surface area contributed by atoms with E-state index in [0.717, 1.165) is 6.42 Å². The summed E-state index contributed by atoms with van der Waals surface area (Å²) in [6.45, 7) is 2.69. The molecule has 15 heavy (non-hydrogen) atoms. The first-order valence-corrected chi connectivity index (χ1v) is 5.01. The Balaban J connectivity index is 2.57. The molecule has 84 valence electrons. The second-order valence-electron chi connectivity index (χ2n) is 3.56. The number of hydrogen-bond acceptors (Lipinski definition) is 2. The fourth-order valence-electron chi connectivity index (χ4n) is 1.33. The van der Waals surface area contributed by atoms with E-state index in [0.29, 0.717) is 6.54 Å². The molecule has 3 N–H and O–H groups in total. The van der Waals surface area contributed by atoms with Crippen LogP contribution < -0.4 is 11.1 Å². The van der Waals surface area contributed by atoms with E-state index in [1.807, 2.05) is 6.92 Å². The van der Waals surface area contributed by atoms with Crippen LogP contribution in [0.1, 0.15) is 18.9 Å². The molecule has 2 nitrogen and oxygen atoms in total. The molecule has 0 aliphatic heterocycles. The highest BCUT2D eigenvalue weighted by atomic mass is 19.1. The smallest absolute Gasteiger partial charge is 0.130 e. The van der Waals surface area contributed by atoms with Gasteiger partial charge in [-0.3, -0.25) is 0 Å². The van der Waals surface area contributed by atoms with Crippen molar-refractivity contribution in [2.24, 2.45) is 5.73 Å². The second kappa shape index (κ2) is 5.78. The highest BCUT2D eigenvalue weighted by Gasteiger charge is 2.08. The third kappa shape index (κ3) is 3.57. The Morgan fingerprint density at radius 2 is 1.93 bits per heavy atom. The van der Waals surface area contributed by atoms with Crippen LogP contribution in [0.3, 0.4) is 0 Å². The number of nitrogens with two attached hydrogens (primary N) is 1. The van der Waals surface area contributed by atoms with Crippen LogP contribution in [0, 0.1) is 11.6 Å². The Hall–Kier alpha value is -1.00. The topological polar surface area (TPSA) is 38.0 Å². The molecule has 0 saturated heterocycles. The summed E-state index contributed by atoms with van der Waals surface area (Å²) in [7, 11) is 0. The Morgan fingerprint density at radius 1 is 1.33 bits per heavy atom. The van der Waals surface area contributed by atoms with Crippen molar-refractivity contribution in [3.8, 4) is 0 Å². The minimum Gasteiger partial charge on any atom is -0.330 e. The summed E-state index contributed by atoms with van der Waals surface area (Å²) in [6.07, 6.45) is 0.788. The zero-order valence-electron chi connectivity index (χ0n) is 8.76. The maximum Gasteiger partial charge on any atom is 0.130 e. The van der Waals surface area contributed by atoms with Crippen LogP contribution in [-0.4, -0.2) is 12.6 Å². The normalized spacial score (nSPS) is 12.8. The highest BCUT2D eigenvalue weighted by Crippen LogP contribution is 2.11. The molecule has 0 radical (unpaired) electrons. The summed E-state index contributed by atoms with van der Waals surface area (Å²) in [4.78, 5) is 0. The minimum absolute atomic E-state index is 0.0846. The van der Waals surface area contributed by atoms with E-state index in [2.05, 4.69) is 5.32 Å². The predicted octanol–water partition coefficient (Wildman–Crippen LogP) is 1.79. The van der Waals surface area contributed by atoms with E-state index in [-0.39, 0.29) is 18.2 Å². The average Bonchev–Trinajstić information content (AvgIpc) is 2.17. The Kier molecular flexibility index (Phi) is 4.65. The van der Waals surface area contributed by atoms with Gasteiger partial charge in [0.1, 0.15) is 11.6 Å². The molecule has 0 amide bonds. The quantitative estimate of drug-likeness (QED) is 0.784. The zero-order chi connectivity index (χ0) is 11.3. The molecular formula is C11H16F2N2. The van der Waals surface area contributed by atoms with Gasteiger partial charge < -0.3 is 11.1 Å². The van der Waals surface area contributed by atoms with Crippen molar-refractivity contribution in [3.05, 3.63) is 35.4 Å². The van der Waals surface area contributed by atoms with E-state index < -0.39 is 11.6 Å². The number of rotatable bonds is 5. The molecule has 4 heteroatoms. The first kappa shape index (κ1) is 12.1. The summed E-state index contributed by atoms with van der Waals surface area (Å²) < 4.78 is 26.4. The highest BCUT2D eigenvalue weighted by molar-refractivity contribution is 5.19. The number of nitrogens with one attached hydrogen (secondary N) is 1. The summed E-state index contributed by atoms with van der Waals surface area (Å²) in [6, 6.07) is 4.03. The molecule has 0 saturated carbocycles. The lowest BCUT2D eigenvalue weighted by Crippen LogP contribution is -2.28. The van der Waals surface area contributed by atoms with Crippen molar-refractivity contribution >= 4 is 0 Å². The van der Waals surface area contributed by atoms with Crippen LogP contribution in [0.25, 0.3) is 0 Å². The van der Waals surface area contributed by atoms with Gasteiger partial charge in [-0.15, -0.1) is 0 Å². The van der Waals surface area contributed by atoms with Gasteiger partial charge in [0.15, 0.2) is 0 Å². The lowest BCUT2D eigenvalue weighted by Gasteiger charge is -2.13. The van der Waals surface area contributed by atoms with Gasteiger partial charge in [0, 0.05) is 18.2 Å². The number of benzene rings is 1. The van der Waals surface area contributed by atoms with Crippen molar-refractivity contribution in [1.29, 1.82) is 0 Å². The average molecular weight is 214 g/mol. The van der Waals surface area contributed by atoms with Crippen LogP contribution in [0.5, 0.6) is 0 Å². The largest absolute Gasteiger partial charge is 0.330 e. The van der Waals surface area contributed by atoms with Crippen LogP contribution in [0.15, 0.2) is 18.2 Å². The van der Waals surface area contributed by atoms with Gasteiger partial charge in [0.2, 0.25) is 0 Å². The molecule has 0 aliphatic rings. The Labute approximate surface area is 88.5 Å². The van der Waals surface area contributed by atoms with E-state index in [1.165, 1.54) is 18.2 Å². The first-order valence-electron chi connectivity index (χ1n) is 5.01. The van der Waals surface area contributed by atoms with Gasteiger partial charge >= 0.3 is 0 Å². The van der Waals surface area contributed by atoms with Crippen LogP contribution in [0.2, 0.25) is 0 Å². The first-order chi connectivity index (χ1) is 7.15. The third-order valence-electron chi connectivity index (χ3n) is 2.29. The van der Waals surface area contributed by atoms with Gasteiger partial charge in [-0.2, -0.15) is 0 Å². The summed E-state index contributed by atoms with van der Waals surface area (Å²) >= 11 is 0. The summed E-state index contributed by atoms with van der Waals surface area (Å²) in [5, 5.41) is 3.02. The minimum atomic E-state index is -0.512. The number of halogens is 2. The molecule has 1 rings (SSSR count). The molecular weight excluding hydrogens is 198 g/mol. The maximum atomic E-state index is 13.2. The zero-order valence-corrected chi connectivity index (χ0v) is 8.76. The van der Waals surface area contributed by atoms with E-state index >= 15 is 0 Å². The summed E-state index contributed by atoms with van der Waals surface area (Å²) in [5.74, 6) is -1.02. The van der Waals surface area contributed by atoms with Crippen LogP contribution in [0.4, 0.5) is 8.78 Å². The van der Waals surface area contributed by atoms with Crippen molar-refractivity contribution in [2.45, 2.75) is 25.9 Å². The molecule has 1 atom stereocenters. The van der Waals surface area contributed by atoms with Gasteiger partial charge in [-0.1, -0.05) is 6.07 Å². The Bertz CT molecular complexity index is 295. The van der Waals surface area contributed by atoms with Crippen molar-refractivity contribution < 1.29 is 8.78 Å². The lowest BCUT2D eigenvalue weighted by atomic mass is 10.1. The van der Waals surface area contributed by atoms with E-state index in [4.69, 9.17) is 5.73 Å². The van der Waals surface area contributed by atoms with Crippen molar-refractivity contribution in [2.75, 3.05) is 6.54 Å². The molecule has 0 aromatic heterocycles.